The Morgan fingerprint density at radius 2 is 1.58 bits per heavy atom. The van der Waals surface area contributed by atoms with E-state index in [1.807, 2.05) is 30.3 Å². The van der Waals surface area contributed by atoms with Gasteiger partial charge in [0.15, 0.2) is 5.56 Å². The van der Waals surface area contributed by atoms with Crippen LogP contribution >= 0.6 is 0 Å². The van der Waals surface area contributed by atoms with E-state index in [2.05, 4.69) is 9.47 Å². The number of hydrogen-bond donors (Lipinski definition) is 0. The molecule has 0 saturated heterocycles. The van der Waals surface area contributed by atoms with Crippen LogP contribution in [-0.4, -0.2) is 50.9 Å². The number of esters is 2. The molecule has 0 aliphatic carbocycles. The number of methoxy groups -OCH3 is 2. The van der Waals surface area contributed by atoms with E-state index in [0.29, 0.717) is 38.2 Å². The van der Waals surface area contributed by atoms with Crippen molar-refractivity contribution in [2.75, 3.05) is 34.0 Å². The van der Waals surface area contributed by atoms with Crippen molar-refractivity contribution in [1.82, 2.24) is 0 Å². The fourth-order valence-electron chi connectivity index (χ4n) is 2.88. The summed E-state index contributed by atoms with van der Waals surface area (Å²) in [4.78, 5) is 34.8. The van der Waals surface area contributed by atoms with Gasteiger partial charge in [-0.15, -0.1) is 0 Å². The van der Waals surface area contributed by atoms with Crippen LogP contribution < -0.4 is 0 Å². The molecule has 2 aromatic rings. The molecule has 2 rings (SSSR count). The number of carbonyl (C=O) groups is 2. The smallest absolute Gasteiger partial charge is 0.345 e. The largest absolute Gasteiger partial charge is 0.465 e. The lowest BCUT2D eigenvalue weighted by molar-refractivity contribution is -0.385. The Kier molecular flexibility index (Phi) is 9.60. The molecule has 0 bridgehead atoms. The molecule has 0 aliphatic rings. The van der Waals surface area contributed by atoms with Crippen LogP contribution in [0.25, 0.3) is 0 Å². The van der Waals surface area contributed by atoms with Crippen LogP contribution in [0.2, 0.25) is 0 Å². The highest BCUT2D eigenvalue weighted by atomic mass is 16.6. The minimum atomic E-state index is -0.981. The van der Waals surface area contributed by atoms with Crippen molar-refractivity contribution in [3.63, 3.8) is 0 Å². The minimum absolute atomic E-state index is 0.215. The third-order valence-corrected chi connectivity index (χ3v) is 4.39. The molecular weight excluding hydrogens is 406 g/mol. The van der Waals surface area contributed by atoms with E-state index in [1.165, 1.54) is 12.1 Å². The first-order valence-corrected chi connectivity index (χ1v) is 9.65. The van der Waals surface area contributed by atoms with Crippen LogP contribution in [0.4, 0.5) is 5.69 Å². The van der Waals surface area contributed by atoms with Gasteiger partial charge in [0, 0.05) is 19.3 Å². The van der Waals surface area contributed by atoms with Gasteiger partial charge in [0.2, 0.25) is 0 Å². The number of carbonyl (C=O) groups excluding carboxylic acids is 2. The molecule has 166 valence electrons. The normalized spacial score (nSPS) is 10.5. The molecule has 0 radical (unpaired) electrons. The number of rotatable bonds is 12. The molecule has 0 spiro atoms. The van der Waals surface area contributed by atoms with Crippen LogP contribution in [0.5, 0.6) is 0 Å². The third kappa shape index (κ3) is 7.16. The maximum Gasteiger partial charge on any atom is 0.345 e. The Morgan fingerprint density at radius 1 is 0.903 bits per heavy atom. The number of nitrogens with zero attached hydrogens (tertiary/aromatic N) is 1. The van der Waals surface area contributed by atoms with Crippen LogP contribution in [-0.2, 0) is 32.0 Å². The average Bonchev–Trinajstić information content (AvgIpc) is 2.79. The number of nitro groups is 1. The molecule has 0 aliphatic heterocycles. The first-order chi connectivity index (χ1) is 15.0. The van der Waals surface area contributed by atoms with E-state index in [4.69, 9.17) is 9.47 Å². The molecular formula is C22H25NO8. The number of nitro benzene ring substituents is 1. The molecule has 0 saturated carbocycles. The van der Waals surface area contributed by atoms with Gasteiger partial charge in [-0.25, -0.2) is 9.59 Å². The second-order valence-electron chi connectivity index (χ2n) is 6.53. The molecule has 9 heteroatoms. The van der Waals surface area contributed by atoms with Gasteiger partial charge in [-0.2, -0.15) is 0 Å². The highest BCUT2D eigenvalue weighted by Crippen LogP contribution is 2.27. The summed E-state index contributed by atoms with van der Waals surface area (Å²) in [6.07, 6.45) is 1.01. The second kappa shape index (κ2) is 12.4. The highest BCUT2D eigenvalue weighted by Gasteiger charge is 2.29. The Hall–Kier alpha value is -3.30. The molecule has 31 heavy (non-hydrogen) atoms. The number of benzene rings is 2. The summed E-state index contributed by atoms with van der Waals surface area (Å²) in [5.41, 5.74) is 0.411. The molecule has 0 N–H and O–H groups in total. The summed E-state index contributed by atoms with van der Waals surface area (Å²) in [5.74, 6) is -1.84. The van der Waals surface area contributed by atoms with Crippen LogP contribution in [0.3, 0.4) is 0 Å². The van der Waals surface area contributed by atoms with E-state index < -0.39 is 28.1 Å². The van der Waals surface area contributed by atoms with Gasteiger partial charge in [-0.05, 0) is 30.0 Å². The van der Waals surface area contributed by atoms with E-state index >= 15 is 0 Å². The van der Waals surface area contributed by atoms with E-state index in [-0.39, 0.29) is 12.2 Å². The topological polar surface area (TPSA) is 114 Å². The van der Waals surface area contributed by atoms with Crippen molar-refractivity contribution < 1.29 is 33.5 Å². The van der Waals surface area contributed by atoms with Gasteiger partial charge in [-0.3, -0.25) is 10.1 Å². The summed E-state index contributed by atoms with van der Waals surface area (Å²) in [5, 5.41) is 11.4. The summed E-state index contributed by atoms with van der Waals surface area (Å²) < 4.78 is 20.4. The lowest BCUT2D eigenvalue weighted by atomic mass is 10.00. The van der Waals surface area contributed by atoms with Crippen LogP contribution in [0, 0.1) is 10.1 Å². The Labute approximate surface area is 180 Å². The van der Waals surface area contributed by atoms with Gasteiger partial charge in [-0.1, -0.05) is 30.3 Å². The van der Waals surface area contributed by atoms with Gasteiger partial charge < -0.3 is 18.9 Å². The molecule has 2 aromatic carbocycles. The molecule has 0 heterocycles. The molecule has 0 unspecified atom stereocenters. The van der Waals surface area contributed by atoms with Crippen LogP contribution in [0.15, 0.2) is 42.5 Å². The minimum Gasteiger partial charge on any atom is -0.465 e. The predicted molar refractivity (Wildman–Crippen MR) is 111 cm³/mol. The molecule has 0 amide bonds. The van der Waals surface area contributed by atoms with Gasteiger partial charge in [0.25, 0.3) is 5.69 Å². The zero-order chi connectivity index (χ0) is 22.6. The fraction of sp³-hybridized carbons (Fsp3) is 0.364. The van der Waals surface area contributed by atoms with Gasteiger partial charge in [0.1, 0.15) is 0 Å². The first kappa shape index (κ1) is 24.0. The van der Waals surface area contributed by atoms with Gasteiger partial charge >= 0.3 is 11.9 Å². The highest BCUT2D eigenvalue weighted by molar-refractivity contribution is 6.06. The van der Waals surface area contributed by atoms with Crippen molar-refractivity contribution in [2.24, 2.45) is 0 Å². The number of hydrogen-bond acceptors (Lipinski definition) is 8. The quantitative estimate of drug-likeness (QED) is 0.218. The lowest BCUT2D eigenvalue weighted by Gasteiger charge is -2.10. The maximum absolute atomic E-state index is 12.1. The van der Waals surface area contributed by atoms with Crippen molar-refractivity contribution in [3.8, 4) is 0 Å². The number of ether oxygens (including phenoxy) is 4. The summed E-state index contributed by atoms with van der Waals surface area (Å²) in [6.45, 7) is 1.82. The van der Waals surface area contributed by atoms with E-state index in [9.17, 15) is 19.7 Å². The SMILES string of the molecule is COC(=O)c1cc(CCOCCCOCc2ccccc2)cc([N+](=O)[O-])c1C(=O)OC. The monoisotopic (exact) mass is 431 g/mol. The van der Waals surface area contributed by atoms with E-state index in [1.54, 1.807) is 0 Å². The fourth-order valence-corrected chi connectivity index (χ4v) is 2.88. The Balaban J connectivity index is 1.89. The summed E-state index contributed by atoms with van der Waals surface area (Å²) in [6, 6.07) is 12.5. The van der Waals surface area contributed by atoms with Crippen molar-refractivity contribution in [3.05, 3.63) is 74.8 Å². The average molecular weight is 431 g/mol. The lowest BCUT2D eigenvalue weighted by Crippen LogP contribution is -2.15. The summed E-state index contributed by atoms with van der Waals surface area (Å²) in [7, 11) is 2.21. The standard InChI is InChI=1S/C22H25NO8/c1-28-21(24)18-13-17(14-19(23(26)27)20(18)22(25)29-2)9-12-30-10-6-11-31-15-16-7-4-3-5-8-16/h3-5,7-8,13-14H,6,9-12,15H2,1-2H3. The van der Waals surface area contributed by atoms with Gasteiger partial charge in [0.05, 0.1) is 37.9 Å². The van der Waals surface area contributed by atoms with Crippen molar-refractivity contribution in [2.45, 2.75) is 19.4 Å². The first-order valence-electron chi connectivity index (χ1n) is 9.65. The third-order valence-electron chi connectivity index (χ3n) is 4.39. The Morgan fingerprint density at radius 3 is 2.23 bits per heavy atom. The predicted octanol–water partition coefficient (Wildman–Crippen LogP) is 3.33. The Bertz CT molecular complexity index is 898. The second-order valence-corrected chi connectivity index (χ2v) is 6.53. The zero-order valence-electron chi connectivity index (χ0n) is 17.5. The van der Waals surface area contributed by atoms with Crippen molar-refractivity contribution in [1.29, 1.82) is 0 Å². The maximum atomic E-state index is 12.1. The molecule has 0 atom stereocenters. The molecule has 9 nitrogen and oxygen atoms in total. The van der Waals surface area contributed by atoms with Crippen LogP contribution in [0.1, 0.15) is 38.3 Å². The van der Waals surface area contributed by atoms with E-state index in [0.717, 1.165) is 19.8 Å². The van der Waals surface area contributed by atoms with Crippen molar-refractivity contribution >= 4 is 17.6 Å². The molecule has 0 fully saturated rings. The zero-order valence-corrected chi connectivity index (χ0v) is 17.5. The molecule has 0 aromatic heterocycles. The summed E-state index contributed by atoms with van der Waals surface area (Å²) >= 11 is 0.